The molecular weight excluding hydrogens is 344 g/mol. The van der Waals surface area contributed by atoms with Crippen molar-refractivity contribution in [1.29, 1.82) is 0 Å². The van der Waals surface area contributed by atoms with Crippen LogP contribution in [0.3, 0.4) is 0 Å². The van der Waals surface area contributed by atoms with E-state index in [1.165, 1.54) is 0 Å². The number of nitrogens with one attached hydrogen (secondary N) is 2. The van der Waals surface area contributed by atoms with Gasteiger partial charge in [0.2, 0.25) is 0 Å². The van der Waals surface area contributed by atoms with Gasteiger partial charge in [0, 0.05) is 17.8 Å². The Hall–Kier alpha value is -3.28. The average molecular weight is 368 g/mol. The Morgan fingerprint density at radius 3 is 2.67 bits per heavy atom. The predicted octanol–water partition coefficient (Wildman–Crippen LogP) is 3.19. The minimum atomic E-state index is -0.333. The molecule has 0 aliphatic carbocycles. The Labute approximate surface area is 159 Å². The van der Waals surface area contributed by atoms with Crippen molar-refractivity contribution in [3.8, 4) is 11.5 Å². The van der Waals surface area contributed by atoms with Crippen molar-refractivity contribution >= 4 is 17.5 Å². The first-order valence-corrected chi connectivity index (χ1v) is 8.66. The van der Waals surface area contributed by atoms with Gasteiger partial charge in [-0.1, -0.05) is 18.2 Å². The van der Waals surface area contributed by atoms with Crippen LogP contribution in [-0.4, -0.2) is 32.1 Å². The Morgan fingerprint density at radius 1 is 1.15 bits per heavy atom. The third-order valence-electron chi connectivity index (χ3n) is 3.71. The molecule has 2 aromatic rings. The SMILES string of the molecule is C=CCc1ccc(OCC(=O)Nc2cccc(C(=O)NCC)c2)c(OC)c1. The van der Waals surface area contributed by atoms with E-state index in [0.29, 0.717) is 29.3 Å². The molecular formula is C21H24N2O4. The molecule has 0 bridgehead atoms. The number of amides is 2. The van der Waals surface area contributed by atoms with E-state index in [-0.39, 0.29) is 18.4 Å². The second kappa shape index (κ2) is 10.0. The van der Waals surface area contributed by atoms with Crippen LogP contribution < -0.4 is 20.1 Å². The number of allylic oxidation sites excluding steroid dienone is 1. The van der Waals surface area contributed by atoms with E-state index in [2.05, 4.69) is 17.2 Å². The summed E-state index contributed by atoms with van der Waals surface area (Å²) in [5.74, 6) is 0.520. The number of rotatable bonds is 9. The molecule has 0 radical (unpaired) electrons. The minimum Gasteiger partial charge on any atom is -0.493 e. The summed E-state index contributed by atoms with van der Waals surface area (Å²) in [6.45, 7) is 5.92. The molecule has 0 fully saturated rings. The smallest absolute Gasteiger partial charge is 0.262 e. The number of methoxy groups -OCH3 is 1. The molecule has 2 N–H and O–H groups in total. The van der Waals surface area contributed by atoms with Gasteiger partial charge in [-0.05, 0) is 49.2 Å². The molecule has 2 rings (SSSR count). The molecule has 0 atom stereocenters. The zero-order chi connectivity index (χ0) is 19.6. The molecule has 0 unspecified atom stereocenters. The molecule has 0 saturated heterocycles. The summed E-state index contributed by atoms with van der Waals surface area (Å²) in [5.41, 5.74) is 2.05. The number of ether oxygens (including phenoxy) is 2. The quantitative estimate of drug-likeness (QED) is 0.667. The molecule has 6 heteroatoms. The molecule has 0 aliphatic heterocycles. The van der Waals surface area contributed by atoms with Crippen molar-refractivity contribution < 1.29 is 19.1 Å². The van der Waals surface area contributed by atoms with Crippen LogP contribution in [0.4, 0.5) is 5.69 Å². The summed E-state index contributed by atoms with van der Waals surface area (Å²) >= 11 is 0. The molecule has 0 aromatic heterocycles. The van der Waals surface area contributed by atoms with Crippen LogP contribution in [0, 0.1) is 0 Å². The fourth-order valence-corrected chi connectivity index (χ4v) is 2.47. The highest BCUT2D eigenvalue weighted by Gasteiger charge is 2.10. The highest BCUT2D eigenvalue weighted by molar-refractivity contribution is 5.97. The van der Waals surface area contributed by atoms with E-state index in [1.807, 2.05) is 19.1 Å². The van der Waals surface area contributed by atoms with Gasteiger partial charge in [0.25, 0.3) is 11.8 Å². The lowest BCUT2D eigenvalue weighted by molar-refractivity contribution is -0.118. The number of carbonyl (C=O) groups is 2. The van der Waals surface area contributed by atoms with Crippen LogP contribution in [0.1, 0.15) is 22.8 Å². The normalized spacial score (nSPS) is 10.0. The first-order valence-electron chi connectivity index (χ1n) is 8.66. The number of hydrogen-bond acceptors (Lipinski definition) is 4. The predicted molar refractivity (Wildman–Crippen MR) is 105 cm³/mol. The van der Waals surface area contributed by atoms with Crippen molar-refractivity contribution in [2.75, 3.05) is 25.6 Å². The van der Waals surface area contributed by atoms with Gasteiger partial charge in [-0.3, -0.25) is 9.59 Å². The summed E-state index contributed by atoms with van der Waals surface area (Å²) < 4.78 is 10.9. The second-order valence-electron chi connectivity index (χ2n) is 5.76. The first-order chi connectivity index (χ1) is 13.1. The monoisotopic (exact) mass is 368 g/mol. The van der Waals surface area contributed by atoms with Gasteiger partial charge in [0.1, 0.15) is 0 Å². The van der Waals surface area contributed by atoms with Gasteiger partial charge < -0.3 is 20.1 Å². The number of hydrogen-bond donors (Lipinski definition) is 2. The van der Waals surface area contributed by atoms with Crippen LogP contribution >= 0.6 is 0 Å². The van der Waals surface area contributed by atoms with Crippen LogP contribution in [0.2, 0.25) is 0 Å². The van der Waals surface area contributed by atoms with E-state index in [0.717, 1.165) is 12.0 Å². The van der Waals surface area contributed by atoms with Crippen LogP contribution in [0.15, 0.2) is 55.1 Å². The Morgan fingerprint density at radius 2 is 1.96 bits per heavy atom. The summed E-state index contributed by atoms with van der Waals surface area (Å²) in [4.78, 5) is 24.0. The second-order valence-corrected chi connectivity index (χ2v) is 5.76. The average Bonchev–Trinajstić information content (AvgIpc) is 2.67. The van der Waals surface area contributed by atoms with E-state index in [4.69, 9.17) is 9.47 Å². The van der Waals surface area contributed by atoms with Crippen molar-refractivity contribution in [3.63, 3.8) is 0 Å². The largest absolute Gasteiger partial charge is 0.493 e. The molecule has 0 saturated carbocycles. The summed E-state index contributed by atoms with van der Waals surface area (Å²) in [6.07, 6.45) is 2.52. The molecule has 2 aromatic carbocycles. The maximum atomic E-state index is 12.2. The topological polar surface area (TPSA) is 76.7 Å². The lowest BCUT2D eigenvalue weighted by atomic mass is 10.1. The molecule has 2 amide bonds. The molecule has 0 spiro atoms. The summed E-state index contributed by atoms with van der Waals surface area (Å²) in [6, 6.07) is 12.2. The third-order valence-corrected chi connectivity index (χ3v) is 3.71. The molecule has 142 valence electrons. The van der Waals surface area contributed by atoms with Crippen LogP contribution in [0.25, 0.3) is 0 Å². The van der Waals surface area contributed by atoms with Crippen LogP contribution in [0.5, 0.6) is 11.5 Å². The summed E-state index contributed by atoms with van der Waals surface area (Å²) in [5, 5.41) is 5.44. The Bertz CT molecular complexity index is 818. The van der Waals surface area contributed by atoms with Crippen molar-refractivity contribution in [1.82, 2.24) is 5.32 Å². The first kappa shape index (κ1) is 20.0. The van der Waals surface area contributed by atoms with Gasteiger partial charge in [0.05, 0.1) is 7.11 Å². The van der Waals surface area contributed by atoms with Crippen molar-refractivity contribution in [2.45, 2.75) is 13.3 Å². The molecule has 0 heterocycles. The van der Waals surface area contributed by atoms with Crippen molar-refractivity contribution in [2.24, 2.45) is 0 Å². The van der Waals surface area contributed by atoms with Gasteiger partial charge in [-0.15, -0.1) is 6.58 Å². The highest BCUT2D eigenvalue weighted by Crippen LogP contribution is 2.28. The summed E-state index contributed by atoms with van der Waals surface area (Å²) in [7, 11) is 1.55. The van der Waals surface area contributed by atoms with Gasteiger partial charge in [-0.25, -0.2) is 0 Å². The number of carbonyl (C=O) groups excluding carboxylic acids is 2. The van der Waals surface area contributed by atoms with Gasteiger partial charge >= 0.3 is 0 Å². The lowest BCUT2D eigenvalue weighted by Crippen LogP contribution is -2.23. The van der Waals surface area contributed by atoms with E-state index >= 15 is 0 Å². The van der Waals surface area contributed by atoms with E-state index in [9.17, 15) is 9.59 Å². The van der Waals surface area contributed by atoms with Gasteiger partial charge in [0.15, 0.2) is 18.1 Å². The third kappa shape index (κ3) is 5.88. The fraction of sp³-hybridized carbons (Fsp3) is 0.238. The highest BCUT2D eigenvalue weighted by atomic mass is 16.5. The lowest BCUT2D eigenvalue weighted by Gasteiger charge is -2.12. The maximum absolute atomic E-state index is 12.2. The Kier molecular flexibility index (Phi) is 7.43. The van der Waals surface area contributed by atoms with E-state index < -0.39 is 0 Å². The van der Waals surface area contributed by atoms with E-state index in [1.54, 1.807) is 43.5 Å². The molecule has 6 nitrogen and oxygen atoms in total. The number of benzene rings is 2. The standard InChI is InChI=1S/C21H24N2O4/c1-4-7-15-10-11-18(19(12-15)26-3)27-14-20(24)23-17-9-6-8-16(13-17)21(25)22-5-2/h4,6,8-13H,1,5,7,14H2,2-3H3,(H,22,25)(H,23,24). The fourth-order valence-electron chi connectivity index (χ4n) is 2.47. The minimum absolute atomic E-state index is 0.178. The molecule has 0 aliphatic rings. The number of anilines is 1. The zero-order valence-electron chi connectivity index (χ0n) is 15.6. The van der Waals surface area contributed by atoms with Crippen molar-refractivity contribution in [3.05, 3.63) is 66.2 Å². The van der Waals surface area contributed by atoms with Crippen LogP contribution in [-0.2, 0) is 11.2 Å². The van der Waals surface area contributed by atoms with Gasteiger partial charge in [-0.2, -0.15) is 0 Å². The zero-order valence-corrected chi connectivity index (χ0v) is 15.6. The Balaban J connectivity index is 1.97. The molecule has 27 heavy (non-hydrogen) atoms. The maximum Gasteiger partial charge on any atom is 0.262 e.